The Morgan fingerprint density at radius 2 is 1.92 bits per heavy atom. The first-order chi connectivity index (χ1) is 12.1. The third kappa shape index (κ3) is 3.71. The summed E-state index contributed by atoms with van der Waals surface area (Å²) in [5.41, 5.74) is 3.17. The molecule has 130 valence electrons. The van der Waals surface area contributed by atoms with Crippen LogP contribution in [0.25, 0.3) is 0 Å². The van der Waals surface area contributed by atoms with E-state index in [9.17, 15) is 4.79 Å². The van der Waals surface area contributed by atoms with Crippen molar-refractivity contribution in [3.05, 3.63) is 48.0 Å². The topological polar surface area (TPSA) is 76.6 Å². The van der Waals surface area contributed by atoms with E-state index in [1.807, 2.05) is 12.1 Å². The van der Waals surface area contributed by atoms with Gasteiger partial charge in [0.05, 0.1) is 20.3 Å². The van der Waals surface area contributed by atoms with E-state index < -0.39 is 0 Å². The van der Waals surface area contributed by atoms with Crippen LogP contribution in [0.5, 0.6) is 11.8 Å². The number of nitrogens with one attached hydrogen (secondary N) is 1. The van der Waals surface area contributed by atoms with Crippen LogP contribution in [0.1, 0.15) is 11.1 Å². The number of ether oxygens (including phenoxy) is 2. The molecule has 7 heteroatoms. The Morgan fingerprint density at radius 3 is 2.56 bits per heavy atom. The van der Waals surface area contributed by atoms with Crippen molar-refractivity contribution in [1.82, 2.24) is 14.9 Å². The second-order valence-corrected chi connectivity index (χ2v) is 5.60. The molecule has 0 bridgehead atoms. The minimum absolute atomic E-state index is 0.0510. The molecule has 2 heterocycles. The molecule has 0 aliphatic carbocycles. The summed E-state index contributed by atoms with van der Waals surface area (Å²) >= 11 is 0. The highest BCUT2D eigenvalue weighted by molar-refractivity contribution is 5.87. The normalized spacial score (nSPS) is 13.0. The van der Waals surface area contributed by atoms with Crippen molar-refractivity contribution in [3.8, 4) is 11.8 Å². The lowest BCUT2D eigenvalue weighted by Gasteiger charge is -2.28. The Morgan fingerprint density at radius 1 is 1.20 bits per heavy atom. The van der Waals surface area contributed by atoms with Crippen LogP contribution < -0.4 is 14.8 Å². The van der Waals surface area contributed by atoms with Crippen LogP contribution in [0.2, 0.25) is 0 Å². The van der Waals surface area contributed by atoms with Gasteiger partial charge in [0.1, 0.15) is 0 Å². The molecule has 1 N–H and O–H groups in total. The van der Waals surface area contributed by atoms with Crippen molar-refractivity contribution in [2.45, 2.75) is 13.0 Å². The maximum atomic E-state index is 11.8. The number of nitrogens with zero attached hydrogens (tertiary/aromatic N) is 3. The molecule has 1 amide bonds. The fraction of sp³-hybridized carbons (Fsp3) is 0.278. The first-order valence-corrected chi connectivity index (χ1v) is 7.90. The van der Waals surface area contributed by atoms with E-state index in [4.69, 9.17) is 9.47 Å². The first kappa shape index (κ1) is 16.8. The quantitative estimate of drug-likeness (QED) is 0.842. The molecular formula is C18H20N4O3. The third-order valence-electron chi connectivity index (χ3n) is 4.06. The van der Waals surface area contributed by atoms with Gasteiger partial charge < -0.3 is 19.7 Å². The minimum atomic E-state index is -0.0510. The van der Waals surface area contributed by atoms with Gasteiger partial charge in [-0.15, -0.1) is 0 Å². The lowest BCUT2D eigenvalue weighted by molar-refractivity contribution is -0.126. The number of rotatable bonds is 5. The van der Waals surface area contributed by atoms with Gasteiger partial charge in [-0.05, 0) is 35.8 Å². The van der Waals surface area contributed by atoms with Crippen LogP contribution in [0, 0.1) is 0 Å². The van der Waals surface area contributed by atoms with Gasteiger partial charge >= 0.3 is 0 Å². The summed E-state index contributed by atoms with van der Waals surface area (Å²) in [5.74, 6) is 1.15. The standard InChI is InChI=1S/C18H20N4O3/c1-4-17(23)22-8-7-12-5-6-14(9-13(12)11-22)19-18-20-15(24-2)10-16(21-18)25-3/h4-6,9-10H,1,7-8,11H2,2-3H3,(H,19,20,21). The lowest BCUT2D eigenvalue weighted by Crippen LogP contribution is -2.34. The predicted molar refractivity (Wildman–Crippen MR) is 94.2 cm³/mol. The monoisotopic (exact) mass is 340 g/mol. The largest absolute Gasteiger partial charge is 0.481 e. The summed E-state index contributed by atoms with van der Waals surface area (Å²) in [5, 5.41) is 3.16. The Bertz CT molecular complexity index is 785. The van der Waals surface area contributed by atoms with Gasteiger partial charge in [-0.3, -0.25) is 4.79 Å². The molecule has 1 aromatic heterocycles. The van der Waals surface area contributed by atoms with Crippen molar-refractivity contribution >= 4 is 17.5 Å². The number of methoxy groups -OCH3 is 2. The van der Waals surface area contributed by atoms with Crippen LogP contribution in [0.4, 0.5) is 11.6 Å². The number of hydrogen-bond acceptors (Lipinski definition) is 6. The number of benzene rings is 1. The molecule has 7 nitrogen and oxygen atoms in total. The maximum absolute atomic E-state index is 11.8. The summed E-state index contributed by atoms with van der Waals surface area (Å²) in [6, 6.07) is 7.65. The zero-order chi connectivity index (χ0) is 17.8. The van der Waals surface area contributed by atoms with Crippen LogP contribution in [-0.2, 0) is 17.8 Å². The van der Waals surface area contributed by atoms with Crippen LogP contribution in [0.3, 0.4) is 0 Å². The number of aromatic nitrogens is 2. The fourth-order valence-corrected chi connectivity index (χ4v) is 2.75. The first-order valence-electron chi connectivity index (χ1n) is 7.90. The van der Waals surface area contributed by atoms with Crippen LogP contribution in [0.15, 0.2) is 36.9 Å². The second kappa shape index (κ2) is 7.21. The maximum Gasteiger partial charge on any atom is 0.246 e. The molecule has 0 atom stereocenters. The summed E-state index contributed by atoms with van der Waals surface area (Å²) in [6.45, 7) is 4.83. The van der Waals surface area contributed by atoms with Crippen molar-refractivity contribution in [2.24, 2.45) is 0 Å². The van der Waals surface area contributed by atoms with Crippen LogP contribution >= 0.6 is 0 Å². The molecule has 0 radical (unpaired) electrons. The van der Waals surface area contributed by atoms with E-state index in [-0.39, 0.29) is 5.91 Å². The number of anilines is 2. The van der Waals surface area contributed by atoms with Crippen molar-refractivity contribution < 1.29 is 14.3 Å². The Kier molecular flexibility index (Phi) is 4.83. The van der Waals surface area contributed by atoms with Gasteiger partial charge in [0.25, 0.3) is 0 Å². The molecule has 3 rings (SSSR count). The van der Waals surface area contributed by atoms with Gasteiger partial charge in [-0.2, -0.15) is 9.97 Å². The zero-order valence-electron chi connectivity index (χ0n) is 14.3. The molecule has 0 spiro atoms. The van der Waals surface area contributed by atoms with E-state index in [1.165, 1.54) is 25.9 Å². The van der Waals surface area contributed by atoms with Gasteiger partial charge in [-0.25, -0.2) is 0 Å². The van der Waals surface area contributed by atoms with Crippen molar-refractivity contribution in [3.63, 3.8) is 0 Å². The van der Waals surface area contributed by atoms with Crippen LogP contribution in [-0.4, -0.2) is 41.5 Å². The smallest absolute Gasteiger partial charge is 0.246 e. The lowest BCUT2D eigenvalue weighted by atomic mass is 9.99. The number of fused-ring (bicyclic) bond motifs is 1. The van der Waals surface area contributed by atoms with Gasteiger partial charge in [0.15, 0.2) is 0 Å². The third-order valence-corrected chi connectivity index (χ3v) is 4.06. The average molecular weight is 340 g/mol. The van der Waals surface area contributed by atoms with E-state index in [0.29, 0.717) is 30.8 Å². The highest BCUT2D eigenvalue weighted by atomic mass is 16.5. The molecule has 2 aromatic rings. The van der Waals surface area contributed by atoms with E-state index in [1.54, 1.807) is 11.0 Å². The van der Waals surface area contributed by atoms with Crippen molar-refractivity contribution in [2.75, 3.05) is 26.1 Å². The van der Waals surface area contributed by atoms with E-state index in [0.717, 1.165) is 17.7 Å². The Hall–Kier alpha value is -3.09. The predicted octanol–water partition coefficient (Wildman–Crippen LogP) is 2.31. The molecule has 0 saturated heterocycles. The highest BCUT2D eigenvalue weighted by Gasteiger charge is 2.19. The highest BCUT2D eigenvalue weighted by Crippen LogP contribution is 2.25. The molecular weight excluding hydrogens is 320 g/mol. The van der Waals surface area contributed by atoms with E-state index >= 15 is 0 Å². The van der Waals surface area contributed by atoms with Gasteiger partial charge in [-0.1, -0.05) is 12.6 Å². The fourth-order valence-electron chi connectivity index (χ4n) is 2.75. The number of hydrogen-bond donors (Lipinski definition) is 1. The number of carbonyl (C=O) groups excluding carboxylic acids is 1. The van der Waals surface area contributed by atoms with Gasteiger partial charge in [0.2, 0.25) is 23.6 Å². The molecule has 1 aliphatic rings. The van der Waals surface area contributed by atoms with Gasteiger partial charge in [0, 0.05) is 18.8 Å². The number of amides is 1. The average Bonchev–Trinajstić information content (AvgIpc) is 2.66. The SMILES string of the molecule is C=CC(=O)N1CCc2ccc(Nc3nc(OC)cc(OC)n3)cc2C1. The Labute approximate surface area is 146 Å². The summed E-state index contributed by atoms with van der Waals surface area (Å²) in [6.07, 6.45) is 2.18. The molecule has 1 aliphatic heterocycles. The molecule has 1 aromatic carbocycles. The van der Waals surface area contributed by atoms with E-state index in [2.05, 4.69) is 27.9 Å². The number of carbonyl (C=O) groups is 1. The second-order valence-electron chi connectivity index (χ2n) is 5.60. The molecule has 0 fully saturated rings. The minimum Gasteiger partial charge on any atom is -0.481 e. The Balaban J connectivity index is 1.83. The zero-order valence-corrected chi connectivity index (χ0v) is 14.3. The summed E-state index contributed by atoms with van der Waals surface area (Å²) in [4.78, 5) is 22.1. The molecule has 0 saturated carbocycles. The summed E-state index contributed by atoms with van der Waals surface area (Å²) < 4.78 is 10.3. The summed E-state index contributed by atoms with van der Waals surface area (Å²) in [7, 11) is 3.07. The molecule has 25 heavy (non-hydrogen) atoms. The van der Waals surface area contributed by atoms with Crippen molar-refractivity contribution in [1.29, 1.82) is 0 Å². The molecule has 0 unspecified atom stereocenters.